The number of rotatable bonds is 4. The molecule has 5 nitrogen and oxygen atoms in total. The smallest absolute Gasteiger partial charge is 0.350 e. The summed E-state index contributed by atoms with van der Waals surface area (Å²) in [5.74, 6) is -0.0935. The van der Waals surface area contributed by atoms with Crippen LogP contribution in [0.15, 0.2) is 48.2 Å². The van der Waals surface area contributed by atoms with Gasteiger partial charge in [-0.15, -0.1) is 0 Å². The van der Waals surface area contributed by atoms with Crippen molar-refractivity contribution in [3.05, 3.63) is 48.2 Å². The van der Waals surface area contributed by atoms with Crippen molar-refractivity contribution in [2.75, 3.05) is 11.9 Å². The number of esters is 1. The van der Waals surface area contributed by atoms with Crippen LogP contribution in [0.1, 0.15) is 6.92 Å². The van der Waals surface area contributed by atoms with E-state index in [-0.39, 0.29) is 12.2 Å². The van der Waals surface area contributed by atoms with Crippen molar-refractivity contribution in [1.82, 2.24) is 4.98 Å². The highest BCUT2D eigenvalue weighted by Crippen LogP contribution is 2.14. The third kappa shape index (κ3) is 3.12. The fraction of sp³-hybridized carbons (Fsp3) is 0.133. The van der Waals surface area contributed by atoms with Crippen LogP contribution in [-0.2, 0) is 9.53 Å². The van der Waals surface area contributed by atoms with E-state index in [0.717, 1.165) is 10.9 Å². The molecule has 0 unspecified atom stereocenters. The molecule has 0 fully saturated rings. The number of fused-ring (bicyclic) bond motifs is 1. The summed E-state index contributed by atoms with van der Waals surface area (Å²) in [6.45, 7) is 1.91. The summed E-state index contributed by atoms with van der Waals surface area (Å²) in [4.78, 5) is 15.8. The standard InChI is InChI=1S/C15H13N3O2/c1-2-20-15(19)12(9-16)10-17-14-8-7-11-5-3-4-6-13(11)18-14/h3-8,10H,2H2,1H3,(H,17,18). The predicted molar refractivity (Wildman–Crippen MR) is 75.7 cm³/mol. The van der Waals surface area contributed by atoms with Crippen molar-refractivity contribution in [3.8, 4) is 6.07 Å². The molecule has 1 heterocycles. The van der Waals surface area contributed by atoms with Gasteiger partial charge in [-0.05, 0) is 25.1 Å². The lowest BCUT2D eigenvalue weighted by molar-refractivity contribution is -0.138. The number of carbonyl (C=O) groups is 1. The van der Waals surface area contributed by atoms with E-state index >= 15 is 0 Å². The van der Waals surface area contributed by atoms with E-state index in [2.05, 4.69) is 10.3 Å². The van der Waals surface area contributed by atoms with E-state index in [4.69, 9.17) is 10.00 Å². The van der Waals surface area contributed by atoms with Gasteiger partial charge in [0.2, 0.25) is 0 Å². The number of anilines is 1. The van der Waals surface area contributed by atoms with Crippen molar-refractivity contribution in [1.29, 1.82) is 5.26 Å². The number of para-hydroxylation sites is 1. The number of aromatic nitrogens is 1. The van der Waals surface area contributed by atoms with Gasteiger partial charge in [-0.25, -0.2) is 9.78 Å². The van der Waals surface area contributed by atoms with E-state index in [1.807, 2.05) is 30.3 Å². The van der Waals surface area contributed by atoms with Gasteiger partial charge in [-0.2, -0.15) is 5.26 Å². The predicted octanol–water partition coefficient (Wildman–Crippen LogP) is 2.62. The van der Waals surface area contributed by atoms with Crippen molar-refractivity contribution in [2.45, 2.75) is 6.92 Å². The summed E-state index contributed by atoms with van der Waals surface area (Å²) < 4.78 is 4.76. The summed E-state index contributed by atoms with van der Waals surface area (Å²) in [5, 5.41) is 12.7. The lowest BCUT2D eigenvalue weighted by Gasteiger charge is -2.03. The highest BCUT2D eigenvalue weighted by molar-refractivity contribution is 5.93. The molecule has 0 saturated heterocycles. The maximum atomic E-state index is 11.4. The summed E-state index contributed by atoms with van der Waals surface area (Å²) >= 11 is 0. The molecule has 0 aliphatic rings. The quantitative estimate of drug-likeness (QED) is 0.523. The third-order valence-corrected chi connectivity index (χ3v) is 2.58. The third-order valence-electron chi connectivity index (χ3n) is 2.58. The Morgan fingerprint density at radius 3 is 2.95 bits per heavy atom. The molecule has 1 aromatic heterocycles. The number of hydrogen-bond acceptors (Lipinski definition) is 5. The molecule has 5 heteroatoms. The first kappa shape index (κ1) is 13.6. The summed E-state index contributed by atoms with van der Waals surface area (Å²) in [6.07, 6.45) is 1.30. The molecule has 2 aromatic rings. The van der Waals surface area contributed by atoms with Crippen LogP contribution in [0.3, 0.4) is 0 Å². The number of pyridine rings is 1. The fourth-order valence-corrected chi connectivity index (χ4v) is 1.64. The Morgan fingerprint density at radius 1 is 1.40 bits per heavy atom. The molecule has 0 spiro atoms. The molecular formula is C15H13N3O2. The van der Waals surface area contributed by atoms with Gasteiger partial charge < -0.3 is 10.1 Å². The first-order valence-corrected chi connectivity index (χ1v) is 6.14. The largest absolute Gasteiger partial charge is 0.462 e. The molecule has 0 bridgehead atoms. The molecule has 2 rings (SSSR count). The summed E-state index contributed by atoms with van der Waals surface area (Å²) in [5.41, 5.74) is 0.738. The van der Waals surface area contributed by atoms with E-state index in [0.29, 0.717) is 5.82 Å². The highest BCUT2D eigenvalue weighted by atomic mass is 16.5. The number of nitriles is 1. The van der Waals surface area contributed by atoms with Crippen LogP contribution in [0.5, 0.6) is 0 Å². The Bertz CT molecular complexity index is 702. The zero-order valence-corrected chi connectivity index (χ0v) is 11.0. The molecule has 0 aliphatic carbocycles. The molecule has 1 N–H and O–H groups in total. The second-order valence-electron chi connectivity index (χ2n) is 3.92. The maximum Gasteiger partial charge on any atom is 0.350 e. The minimum Gasteiger partial charge on any atom is -0.462 e. The number of carbonyl (C=O) groups excluding carboxylic acids is 1. The van der Waals surface area contributed by atoms with E-state index in [1.54, 1.807) is 19.1 Å². The molecule has 0 radical (unpaired) electrons. The molecule has 20 heavy (non-hydrogen) atoms. The number of benzene rings is 1. The van der Waals surface area contributed by atoms with Crippen molar-refractivity contribution < 1.29 is 9.53 Å². The summed E-state index contributed by atoms with van der Waals surface area (Å²) in [6, 6.07) is 13.2. The van der Waals surface area contributed by atoms with Gasteiger partial charge in [0.15, 0.2) is 5.57 Å². The monoisotopic (exact) mass is 267 g/mol. The number of nitrogens with zero attached hydrogens (tertiary/aromatic N) is 2. The Balaban J connectivity index is 2.19. The van der Waals surface area contributed by atoms with E-state index in [9.17, 15) is 4.79 Å². The van der Waals surface area contributed by atoms with Gasteiger partial charge >= 0.3 is 5.97 Å². The molecule has 1 aromatic carbocycles. The molecule has 100 valence electrons. The Morgan fingerprint density at radius 2 is 2.20 bits per heavy atom. The Hall–Kier alpha value is -2.87. The second kappa shape index (κ2) is 6.34. The van der Waals surface area contributed by atoms with Crippen LogP contribution in [0.25, 0.3) is 10.9 Å². The molecule has 0 aliphatic heterocycles. The number of hydrogen-bond donors (Lipinski definition) is 1. The topological polar surface area (TPSA) is 75.0 Å². The molecule has 0 saturated carbocycles. The number of nitrogens with one attached hydrogen (secondary N) is 1. The van der Waals surface area contributed by atoms with Crippen LogP contribution in [0.4, 0.5) is 5.82 Å². The van der Waals surface area contributed by atoms with Crippen molar-refractivity contribution >= 4 is 22.7 Å². The maximum absolute atomic E-state index is 11.4. The van der Waals surface area contributed by atoms with Gasteiger partial charge in [0.25, 0.3) is 0 Å². The average molecular weight is 267 g/mol. The number of ether oxygens (including phenoxy) is 1. The van der Waals surface area contributed by atoms with Crippen LogP contribution >= 0.6 is 0 Å². The SMILES string of the molecule is CCOC(=O)C(C#N)=CNc1ccc2ccccc2n1. The van der Waals surface area contributed by atoms with Crippen LogP contribution < -0.4 is 5.32 Å². The van der Waals surface area contributed by atoms with Crippen LogP contribution in [0.2, 0.25) is 0 Å². The van der Waals surface area contributed by atoms with Gasteiger partial charge in [-0.1, -0.05) is 18.2 Å². The van der Waals surface area contributed by atoms with Crippen LogP contribution in [-0.4, -0.2) is 17.6 Å². The minimum absolute atomic E-state index is 0.0955. The molecular weight excluding hydrogens is 254 g/mol. The zero-order valence-electron chi connectivity index (χ0n) is 11.0. The zero-order chi connectivity index (χ0) is 14.4. The lowest BCUT2D eigenvalue weighted by Crippen LogP contribution is -2.08. The van der Waals surface area contributed by atoms with Crippen molar-refractivity contribution in [3.63, 3.8) is 0 Å². The second-order valence-corrected chi connectivity index (χ2v) is 3.92. The normalized spacial score (nSPS) is 10.9. The Labute approximate surface area is 116 Å². The van der Waals surface area contributed by atoms with E-state index < -0.39 is 5.97 Å². The van der Waals surface area contributed by atoms with Gasteiger partial charge in [0.1, 0.15) is 11.9 Å². The average Bonchev–Trinajstić information content (AvgIpc) is 2.48. The van der Waals surface area contributed by atoms with Crippen molar-refractivity contribution in [2.24, 2.45) is 0 Å². The molecule has 0 amide bonds. The summed E-state index contributed by atoms with van der Waals surface area (Å²) in [7, 11) is 0. The van der Waals surface area contributed by atoms with Gasteiger partial charge in [0.05, 0.1) is 12.1 Å². The van der Waals surface area contributed by atoms with Crippen LogP contribution in [0, 0.1) is 11.3 Å². The highest BCUT2D eigenvalue weighted by Gasteiger charge is 2.09. The van der Waals surface area contributed by atoms with Gasteiger partial charge in [0, 0.05) is 11.6 Å². The van der Waals surface area contributed by atoms with Gasteiger partial charge in [-0.3, -0.25) is 0 Å². The first-order chi connectivity index (χ1) is 9.74. The minimum atomic E-state index is -0.650. The lowest BCUT2D eigenvalue weighted by atomic mass is 10.2. The first-order valence-electron chi connectivity index (χ1n) is 6.14. The fourth-order valence-electron chi connectivity index (χ4n) is 1.64. The Kier molecular flexibility index (Phi) is 4.30. The molecule has 0 atom stereocenters. The van der Waals surface area contributed by atoms with E-state index in [1.165, 1.54) is 6.20 Å².